The second kappa shape index (κ2) is 12.6. The summed E-state index contributed by atoms with van der Waals surface area (Å²) < 4.78 is 28.6. The second-order valence-electron chi connectivity index (χ2n) is 10.7. The normalized spacial score (nSPS) is 21.1. The van der Waals surface area contributed by atoms with Crippen LogP contribution in [0.3, 0.4) is 0 Å². The van der Waals surface area contributed by atoms with Gasteiger partial charge in [-0.15, -0.1) is 0 Å². The largest absolute Gasteiger partial charge is 0.481 e. The number of aliphatic carboxylic acids is 1. The molecular weight excluding hydrogens is 553 g/mol. The number of hydrogen-bond acceptors (Lipinski definition) is 5. The van der Waals surface area contributed by atoms with E-state index in [9.17, 15) is 19.5 Å². The molecule has 0 radical (unpaired) electrons. The number of para-hydroxylation sites is 1. The molecule has 3 aromatic rings. The molecule has 9 nitrogen and oxygen atoms in total. The number of rotatable bonds is 8. The monoisotopic (exact) mass is 585 g/mol. The molecule has 2 heterocycles. The zero-order valence-corrected chi connectivity index (χ0v) is 23.5. The highest BCUT2D eigenvalue weighted by atomic mass is 35.5. The molecule has 2 fully saturated rings. The molecule has 1 aliphatic carbocycles. The minimum absolute atomic E-state index is 0.0580. The number of halogens is 2. The van der Waals surface area contributed by atoms with Crippen molar-refractivity contribution in [1.82, 2.24) is 9.47 Å². The number of carboxylic acids is 1. The van der Waals surface area contributed by atoms with Crippen LogP contribution in [0.1, 0.15) is 41.6 Å². The number of carboxylic acid groups (broad SMARTS) is 1. The number of nitrogens with zero attached hydrogens (tertiary/aromatic N) is 2. The number of hydrogen-bond donors (Lipinski definition) is 2. The first-order valence-corrected chi connectivity index (χ1v) is 14.1. The first kappa shape index (κ1) is 29.0. The van der Waals surface area contributed by atoms with E-state index in [4.69, 9.17) is 21.1 Å². The van der Waals surface area contributed by atoms with Gasteiger partial charge in [0.2, 0.25) is 5.91 Å². The average Bonchev–Trinajstić information content (AvgIpc) is 3.31. The quantitative estimate of drug-likeness (QED) is 0.398. The molecule has 2 N–H and O–H groups in total. The number of ether oxygens (including phenoxy) is 2. The van der Waals surface area contributed by atoms with Crippen LogP contribution < -0.4 is 5.32 Å². The van der Waals surface area contributed by atoms with Gasteiger partial charge in [0.15, 0.2) is 0 Å². The van der Waals surface area contributed by atoms with Gasteiger partial charge in [-0.05, 0) is 49.4 Å². The number of amides is 2. The maximum Gasteiger partial charge on any atom is 0.306 e. The van der Waals surface area contributed by atoms with Gasteiger partial charge >= 0.3 is 5.97 Å². The molecule has 0 spiro atoms. The fourth-order valence-electron chi connectivity index (χ4n) is 5.64. The minimum atomic E-state index is -0.770. The summed E-state index contributed by atoms with van der Waals surface area (Å²) in [7, 11) is 1.84. The first-order valence-electron chi connectivity index (χ1n) is 13.8. The van der Waals surface area contributed by atoms with Crippen molar-refractivity contribution in [3.05, 3.63) is 64.6 Å². The highest BCUT2D eigenvalue weighted by molar-refractivity contribution is 6.34. The van der Waals surface area contributed by atoms with E-state index in [1.165, 1.54) is 6.07 Å². The smallest absolute Gasteiger partial charge is 0.306 e. The number of aromatic nitrogens is 1. The molecule has 0 unspecified atom stereocenters. The Balaban J connectivity index is 1.21. The molecule has 2 aromatic carbocycles. The zero-order valence-electron chi connectivity index (χ0n) is 22.8. The molecule has 1 saturated carbocycles. The minimum Gasteiger partial charge on any atom is -0.481 e. The van der Waals surface area contributed by atoms with Gasteiger partial charge in [0.25, 0.3) is 5.91 Å². The Morgan fingerprint density at radius 3 is 2.68 bits per heavy atom. The average molecular weight is 586 g/mol. The topological polar surface area (TPSA) is 110 Å². The Hall–Kier alpha value is -3.47. The maximum absolute atomic E-state index is 15.2. The van der Waals surface area contributed by atoms with Gasteiger partial charge in [-0.2, -0.15) is 0 Å². The van der Waals surface area contributed by atoms with E-state index in [0.29, 0.717) is 51.0 Å². The van der Waals surface area contributed by atoms with Gasteiger partial charge in [0.05, 0.1) is 60.6 Å². The summed E-state index contributed by atoms with van der Waals surface area (Å²) in [5, 5.41) is 12.8. The predicted molar refractivity (Wildman–Crippen MR) is 152 cm³/mol. The van der Waals surface area contributed by atoms with Crippen molar-refractivity contribution < 1.29 is 33.4 Å². The molecule has 218 valence electrons. The van der Waals surface area contributed by atoms with Gasteiger partial charge in [-0.3, -0.25) is 14.4 Å². The van der Waals surface area contributed by atoms with Crippen molar-refractivity contribution in [2.75, 3.05) is 31.7 Å². The fraction of sp³-hybridized carbons (Fsp3) is 0.433. The highest BCUT2D eigenvalue weighted by Gasteiger charge is 2.31. The van der Waals surface area contributed by atoms with Gasteiger partial charge in [0.1, 0.15) is 5.82 Å². The third-order valence-corrected chi connectivity index (χ3v) is 8.28. The molecular formula is C30H33ClFN3O6. The number of nitrogens with one attached hydrogen (secondary N) is 1. The Morgan fingerprint density at radius 2 is 1.93 bits per heavy atom. The van der Waals surface area contributed by atoms with Gasteiger partial charge in [0, 0.05) is 30.7 Å². The molecule has 0 bridgehead atoms. The highest BCUT2D eigenvalue weighted by Crippen LogP contribution is 2.29. The van der Waals surface area contributed by atoms with E-state index in [2.05, 4.69) is 5.32 Å². The maximum atomic E-state index is 15.2. The summed E-state index contributed by atoms with van der Waals surface area (Å²) in [6, 6.07) is 9.66. The van der Waals surface area contributed by atoms with Crippen molar-refractivity contribution in [2.45, 2.75) is 44.2 Å². The van der Waals surface area contributed by atoms with Crippen LogP contribution in [0.2, 0.25) is 5.02 Å². The Kier molecular flexibility index (Phi) is 8.91. The van der Waals surface area contributed by atoms with E-state index in [-0.39, 0.29) is 53.3 Å². The van der Waals surface area contributed by atoms with Gasteiger partial charge in [-0.25, -0.2) is 4.39 Å². The SMILES string of the molecule is Cn1cc(C(=O)Nc2cc(F)c(CC(=O)N3CCOC[C@H]3CO[C@H]3CC[C@H](C(=O)O)CC3)cc2Cl)c2ccccc21. The van der Waals surface area contributed by atoms with Crippen LogP contribution >= 0.6 is 11.6 Å². The number of anilines is 1. The van der Waals surface area contributed by atoms with Crippen molar-refractivity contribution in [3.8, 4) is 0 Å². The number of fused-ring (bicyclic) bond motifs is 1. The van der Waals surface area contributed by atoms with E-state index >= 15 is 4.39 Å². The van der Waals surface area contributed by atoms with Gasteiger partial charge < -0.3 is 29.4 Å². The van der Waals surface area contributed by atoms with Crippen molar-refractivity contribution in [1.29, 1.82) is 0 Å². The first-order chi connectivity index (χ1) is 19.7. The number of morpholine rings is 1. The number of benzene rings is 2. The molecule has 1 aromatic heterocycles. The lowest BCUT2D eigenvalue weighted by atomic mass is 9.87. The third-order valence-electron chi connectivity index (χ3n) is 7.96. The molecule has 1 saturated heterocycles. The zero-order chi connectivity index (χ0) is 29.1. The molecule has 1 aliphatic heterocycles. The van der Waals surface area contributed by atoms with Crippen molar-refractivity contribution in [2.24, 2.45) is 13.0 Å². The lowest BCUT2D eigenvalue weighted by Crippen LogP contribution is -2.51. The molecule has 1 atom stereocenters. The fourth-order valence-corrected chi connectivity index (χ4v) is 5.87. The number of carbonyl (C=O) groups excluding carboxylic acids is 2. The Morgan fingerprint density at radius 1 is 1.17 bits per heavy atom. The van der Waals surface area contributed by atoms with E-state index in [0.717, 1.165) is 17.0 Å². The molecule has 2 aliphatic rings. The second-order valence-corrected chi connectivity index (χ2v) is 11.1. The van der Waals surface area contributed by atoms with Crippen molar-refractivity contribution >= 4 is 46.0 Å². The van der Waals surface area contributed by atoms with Crippen LogP contribution in [0.25, 0.3) is 10.9 Å². The Bertz CT molecular complexity index is 1450. The summed E-state index contributed by atoms with van der Waals surface area (Å²) in [6.07, 6.45) is 3.91. The number of aryl methyl sites for hydroxylation is 1. The van der Waals surface area contributed by atoms with Crippen LogP contribution in [0, 0.1) is 11.7 Å². The molecule has 2 amide bonds. The summed E-state index contributed by atoms with van der Waals surface area (Å²) >= 11 is 6.43. The van der Waals surface area contributed by atoms with Crippen molar-refractivity contribution in [3.63, 3.8) is 0 Å². The van der Waals surface area contributed by atoms with Gasteiger partial charge in [-0.1, -0.05) is 29.8 Å². The van der Waals surface area contributed by atoms with Crippen LogP contribution in [0.5, 0.6) is 0 Å². The summed E-state index contributed by atoms with van der Waals surface area (Å²) in [5.41, 5.74) is 1.57. The summed E-state index contributed by atoms with van der Waals surface area (Å²) in [5.74, 6) is -2.44. The van der Waals surface area contributed by atoms with Crippen LogP contribution in [0.15, 0.2) is 42.6 Å². The summed E-state index contributed by atoms with van der Waals surface area (Å²) in [6.45, 7) is 1.29. The lowest BCUT2D eigenvalue weighted by molar-refractivity contribution is -0.147. The predicted octanol–water partition coefficient (Wildman–Crippen LogP) is 4.65. The Labute approximate surface area is 242 Å². The summed E-state index contributed by atoms with van der Waals surface area (Å²) in [4.78, 5) is 39.1. The van der Waals surface area contributed by atoms with E-state index in [1.807, 2.05) is 35.9 Å². The van der Waals surface area contributed by atoms with Crippen LogP contribution in [-0.2, 0) is 32.5 Å². The van der Waals surface area contributed by atoms with Crippen LogP contribution in [-0.4, -0.2) is 70.9 Å². The molecule has 5 rings (SSSR count). The molecule has 41 heavy (non-hydrogen) atoms. The number of carbonyl (C=O) groups is 3. The van der Waals surface area contributed by atoms with E-state index in [1.54, 1.807) is 11.1 Å². The molecule has 11 heteroatoms. The van der Waals surface area contributed by atoms with E-state index < -0.39 is 17.7 Å². The lowest BCUT2D eigenvalue weighted by Gasteiger charge is -2.37. The third kappa shape index (κ3) is 6.55. The van der Waals surface area contributed by atoms with Crippen LogP contribution in [0.4, 0.5) is 10.1 Å². The standard InChI is InChI=1S/C30H33ClFN3O6/c1-34-15-23(22-4-2-3-5-27(22)34)29(37)33-26-14-25(32)19(12-24(26)31)13-28(36)35-10-11-40-16-20(35)17-41-21-8-6-18(7-9-21)30(38)39/h2-5,12,14-15,18,20-21H,6-11,13,16-17H2,1H3,(H,33,37)(H,38,39)/t18-,20-,21-/m0/s1.